The number of esters is 1. The Morgan fingerprint density at radius 1 is 1.00 bits per heavy atom. The van der Waals surface area contributed by atoms with Crippen molar-refractivity contribution in [1.82, 2.24) is 4.90 Å². The Balaban J connectivity index is 1.76. The number of aliphatic imine (C=N–C) groups is 1. The third kappa shape index (κ3) is 5.57. The first-order valence-electron chi connectivity index (χ1n) is 12.2. The molecule has 0 saturated heterocycles. The van der Waals surface area contributed by atoms with Crippen LogP contribution in [0.2, 0.25) is 0 Å². The van der Waals surface area contributed by atoms with Crippen molar-refractivity contribution in [1.29, 1.82) is 0 Å². The van der Waals surface area contributed by atoms with E-state index in [2.05, 4.69) is 5.32 Å². The predicted molar refractivity (Wildman–Crippen MR) is 149 cm³/mol. The molecule has 1 heterocycles. The van der Waals surface area contributed by atoms with Gasteiger partial charge in [-0.1, -0.05) is 36.4 Å². The first-order chi connectivity index (χ1) is 18.2. The van der Waals surface area contributed by atoms with Gasteiger partial charge in [-0.15, -0.1) is 0 Å². The van der Waals surface area contributed by atoms with E-state index in [1.807, 2.05) is 49.3 Å². The molecule has 0 spiro atoms. The van der Waals surface area contributed by atoms with Crippen LogP contribution in [-0.2, 0) is 14.3 Å². The van der Waals surface area contributed by atoms with Crippen LogP contribution in [-0.4, -0.2) is 62.7 Å². The quantitative estimate of drug-likeness (QED) is 0.269. The van der Waals surface area contributed by atoms with E-state index in [4.69, 9.17) is 15.5 Å². The number of hydrogen-bond acceptors (Lipinski definition) is 7. The summed E-state index contributed by atoms with van der Waals surface area (Å²) < 4.78 is 4.81. The van der Waals surface area contributed by atoms with Gasteiger partial charge in [0.2, 0.25) is 11.8 Å². The van der Waals surface area contributed by atoms with Crippen molar-refractivity contribution < 1.29 is 19.1 Å². The minimum absolute atomic E-state index is 0.106. The highest BCUT2D eigenvalue weighted by molar-refractivity contribution is 6.24. The molecule has 1 unspecified atom stereocenters. The van der Waals surface area contributed by atoms with Gasteiger partial charge < -0.3 is 25.6 Å². The summed E-state index contributed by atoms with van der Waals surface area (Å²) in [5, 5.41) is 2.87. The lowest BCUT2D eigenvalue weighted by Crippen LogP contribution is -2.35. The molecule has 0 aromatic heterocycles. The average molecular weight is 514 g/mol. The largest absolute Gasteiger partial charge is 0.465 e. The molecule has 4 rings (SSSR count). The molecule has 0 aliphatic carbocycles. The second-order valence-corrected chi connectivity index (χ2v) is 9.30. The number of nitrogens with two attached hydrogens (primary N) is 1. The van der Waals surface area contributed by atoms with Gasteiger partial charge in [-0.2, -0.15) is 0 Å². The van der Waals surface area contributed by atoms with E-state index in [0.29, 0.717) is 52.7 Å². The second-order valence-electron chi connectivity index (χ2n) is 9.30. The first-order valence-corrected chi connectivity index (χ1v) is 12.2. The summed E-state index contributed by atoms with van der Waals surface area (Å²) in [6, 6.07) is 19.7. The third-order valence-corrected chi connectivity index (χ3v) is 6.35. The molecule has 9 heteroatoms. The van der Waals surface area contributed by atoms with Gasteiger partial charge in [0.1, 0.15) is 5.92 Å². The summed E-state index contributed by atoms with van der Waals surface area (Å²) in [7, 11) is 5.20. The van der Waals surface area contributed by atoms with Crippen LogP contribution in [0.15, 0.2) is 71.7 Å². The maximum absolute atomic E-state index is 13.2. The molecule has 9 nitrogen and oxygen atoms in total. The van der Waals surface area contributed by atoms with E-state index < -0.39 is 11.9 Å². The molecule has 0 fully saturated rings. The number of carbonyl (C=O) groups is 3. The summed E-state index contributed by atoms with van der Waals surface area (Å²) in [6.45, 7) is 2.69. The number of nitrogens with one attached hydrogen (secondary N) is 1. The summed E-state index contributed by atoms with van der Waals surface area (Å²) in [5.74, 6) is -1.54. The van der Waals surface area contributed by atoms with Gasteiger partial charge >= 0.3 is 5.97 Å². The Hall–Kier alpha value is -4.50. The standard InChI is InChI=1S/C29H31N5O4/c1-18(35)34(15-14-33(2)3)25-13-11-21(17-23(25)30)31-27(19-8-6-5-7-9-19)26-22-12-10-20(29(37)38-4)16-24(22)32-28(26)36/h5-13,16-17,26H,14-15,30H2,1-4H3,(H,32,36). The smallest absolute Gasteiger partial charge is 0.337 e. The van der Waals surface area contributed by atoms with Crippen LogP contribution >= 0.6 is 0 Å². The average Bonchev–Trinajstić information content (AvgIpc) is 3.22. The summed E-state index contributed by atoms with van der Waals surface area (Å²) in [6.07, 6.45) is 0. The monoisotopic (exact) mass is 513 g/mol. The molecular formula is C29H31N5O4. The zero-order chi connectivity index (χ0) is 27.4. The number of anilines is 3. The molecule has 196 valence electrons. The van der Waals surface area contributed by atoms with Crippen LogP contribution in [0, 0.1) is 0 Å². The number of benzene rings is 3. The van der Waals surface area contributed by atoms with Gasteiger partial charge in [0.25, 0.3) is 0 Å². The number of methoxy groups -OCH3 is 1. The third-order valence-electron chi connectivity index (χ3n) is 6.35. The second kappa shape index (κ2) is 11.3. The Morgan fingerprint density at radius 3 is 2.37 bits per heavy atom. The van der Waals surface area contributed by atoms with E-state index >= 15 is 0 Å². The van der Waals surface area contributed by atoms with Crippen LogP contribution in [0.1, 0.15) is 34.3 Å². The number of hydrogen-bond donors (Lipinski definition) is 2. The maximum atomic E-state index is 13.2. The fourth-order valence-corrected chi connectivity index (χ4v) is 4.43. The molecular weight excluding hydrogens is 482 g/mol. The topological polar surface area (TPSA) is 117 Å². The Kier molecular flexibility index (Phi) is 7.87. The minimum Gasteiger partial charge on any atom is -0.465 e. The number of ether oxygens (including phenoxy) is 1. The van der Waals surface area contributed by atoms with E-state index in [0.717, 1.165) is 5.56 Å². The number of fused-ring (bicyclic) bond motifs is 1. The summed E-state index contributed by atoms with van der Waals surface area (Å²) >= 11 is 0. The minimum atomic E-state index is -0.700. The van der Waals surface area contributed by atoms with Crippen molar-refractivity contribution in [2.24, 2.45) is 4.99 Å². The van der Waals surface area contributed by atoms with Gasteiger partial charge in [-0.25, -0.2) is 4.79 Å². The number of rotatable bonds is 8. The fourth-order valence-electron chi connectivity index (χ4n) is 4.43. The molecule has 2 amide bonds. The van der Waals surface area contributed by atoms with Crippen LogP contribution in [0.5, 0.6) is 0 Å². The van der Waals surface area contributed by atoms with E-state index in [-0.39, 0.29) is 11.8 Å². The fraction of sp³-hybridized carbons (Fsp3) is 0.241. The van der Waals surface area contributed by atoms with Crippen LogP contribution < -0.4 is 16.0 Å². The zero-order valence-corrected chi connectivity index (χ0v) is 21.9. The molecule has 1 aliphatic rings. The van der Waals surface area contributed by atoms with E-state index in [9.17, 15) is 14.4 Å². The summed E-state index contributed by atoms with van der Waals surface area (Å²) in [5.41, 5.74) is 10.9. The molecule has 1 atom stereocenters. The van der Waals surface area contributed by atoms with Crippen LogP contribution in [0.4, 0.5) is 22.7 Å². The number of likely N-dealkylation sites (N-methyl/N-ethyl adjacent to an activating group) is 1. The van der Waals surface area contributed by atoms with E-state index in [1.165, 1.54) is 14.0 Å². The highest BCUT2D eigenvalue weighted by Gasteiger charge is 2.36. The molecule has 3 aromatic carbocycles. The Bertz CT molecular complexity index is 1400. The zero-order valence-electron chi connectivity index (χ0n) is 21.9. The van der Waals surface area contributed by atoms with Crippen molar-refractivity contribution in [3.63, 3.8) is 0 Å². The molecule has 38 heavy (non-hydrogen) atoms. The van der Waals surface area contributed by atoms with Crippen LogP contribution in [0.25, 0.3) is 0 Å². The highest BCUT2D eigenvalue weighted by Crippen LogP contribution is 2.38. The molecule has 0 saturated carbocycles. The number of nitrogen functional groups attached to an aromatic ring is 1. The van der Waals surface area contributed by atoms with Crippen molar-refractivity contribution >= 4 is 46.2 Å². The van der Waals surface area contributed by atoms with Gasteiger partial charge in [-0.3, -0.25) is 14.6 Å². The van der Waals surface area contributed by atoms with Crippen molar-refractivity contribution in [2.75, 3.05) is 50.2 Å². The Morgan fingerprint density at radius 2 is 1.74 bits per heavy atom. The lowest BCUT2D eigenvalue weighted by atomic mass is 9.90. The SMILES string of the molecule is COC(=O)c1ccc2c(c1)NC(=O)C2C(=Nc1ccc(N(CCN(C)C)C(C)=O)c(N)c1)c1ccccc1. The molecule has 0 bridgehead atoms. The maximum Gasteiger partial charge on any atom is 0.337 e. The number of carbonyl (C=O) groups excluding carboxylic acids is 3. The highest BCUT2D eigenvalue weighted by atomic mass is 16.5. The normalized spacial score (nSPS) is 14.7. The molecule has 3 aromatic rings. The van der Waals surface area contributed by atoms with Crippen LogP contribution in [0.3, 0.4) is 0 Å². The van der Waals surface area contributed by atoms with Gasteiger partial charge in [0.15, 0.2) is 0 Å². The number of amides is 2. The summed E-state index contributed by atoms with van der Waals surface area (Å²) in [4.78, 5) is 46.1. The number of nitrogens with zero attached hydrogens (tertiary/aromatic N) is 3. The van der Waals surface area contributed by atoms with Crippen molar-refractivity contribution in [3.05, 3.63) is 83.4 Å². The Labute approximate surface area is 221 Å². The molecule has 3 N–H and O–H groups in total. The molecule has 0 radical (unpaired) electrons. The first kappa shape index (κ1) is 26.6. The van der Waals surface area contributed by atoms with Crippen molar-refractivity contribution in [3.8, 4) is 0 Å². The van der Waals surface area contributed by atoms with Crippen molar-refractivity contribution in [2.45, 2.75) is 12.8 Å². The van der Waals surface area contributed by atoms with Gasteiger partial charge in [0, 0.05) is 25.7 Å². The van der Waals surface area contributed by atoms with Gasteiger partial charge in [0.05, 0.1) is 35.4 Å². The molecule has 1 aliphatic heterocycles. The predicted octanol–water partition coefficient (Wildman–Crippen LogP) is 3.83. The lowest BCUT2D eigenvalue weighted by molar-refractivity contribution is -0.117. The van der Waals surface area contributed by atoms with Gasteiger partial charge in [-0.05, 0) is 55.6 Å². The van der Waals surface area contributed by atoms with E-state index in [1.54, 1.807) is 41.3 Å². The lowest BCUT2D eigenvalue weighted by Gasteiger charge is -2.24.